The third-order valence-corrected chi connectivity index (χ3v) is 8.90. The lowest BCUT2D eigenvalue weighted by Crippen LogP contribution is -2.41. The zero-order valence-corrected chi connectivity index (χ0v) is 17.5. The minimum Gasteiger partial charge on any atom is -0.399 e. The Kier molecular flexibility index (Phi) is 4.73. The van der Waals surface area contributed by atoms with Gasteiger partial charge in [0.2, 0.25) is 10.0 Å². The molecule has 4 rings (SSSR count). The molecule has 3 fully saturated rings. The van der Waals surface area contributed by atoms with Crippen molar-refractivity contribution in [2.45, 2.75) is 76.4 Å². The summed E-state index contributed by atoms with van der Waals surface area (Å²) in [6.45, 7) is 10.2. The van der Waals surface area contributed by atoms with E-state index in [0.717, 1.165) is 37.7 Å². The molecule has 2 aliphatic heterocycles. The Morgan fingerprint density at radius 1 is 1.11 bits per heavy atom. The van der Waals surface area contributed by atoms with Gasteiger partial charge in [0, 0.05) is 37.5 Å². The van der Waals surface area contributed by atoms with Crippen LogP contribution < -0.4 is 5.46 Å². The van der Waals surface area contributed by atoms with Gasteiger partial charge in [-0.1, -0.05) is 0 Å². The molecule has 0 atom stereocenters. The molecule has 0 aromatic carbocycles. The third-order valence-electron chi connectivity index (χ3n) is 6.50. The summed E-state index contributed by atoms with van der Waals surface area (Å²) in [5.41, 5.74) is 0.210. The highest BCUT2D eigenvalue weighted by molar-refractivity contribution is 7.90. The van der Waals surface area contributed by atoms with Gasteiger partial charge in [0.15, 0.2) is 0 Å². The fourth-order valence-corrected chi connectivity index (χ4v) is 5.64. The molecule has 3 aliphatic rings. The lowest BCUT2D eigenvalue weighted by Gasteiger charge is -2.32. The Labute approximate surface area is 162 Å². The van der Waals surface area contributed by atoms with Gasteiger partial charge in [-0.3, -0.25) is 4.68 Å². The topological polar surface area (TPSA) is 73.7 Å². The van der Waals surface area contributed by atoms with Gasteiger partial charge in [0.05, 0.1) is 16.5 Å². The largest absolute Gasteiger partial charge is 0.498 e. The van der Waals surface area contributed by atoms with E-state index in [1.54, 1.807) is 4.31 Å². The second kappa shape index (κ2) is 6.57. The van der Waals surface area contributed by atoms with Crippen LogP contribution >= 0.6 is 0 Å². The van der Waals surface area contributed by atoms with Crippen LogP contribution in [0.15, 0.2) is 12.4 Å². The molecule has 0 bridgehead atoms. The van der Waals surface area contributed by atoms with Crippen LogP contribution in [0.4, 0.5) is 0 Å². The van der Waals surface area contributed by atoms with Crippen LogP contribution in [0.2, 0.25) is 0 Å². The molecule has 0 unspecified atom stereocenters. The van der Waals surface area contributed by atoms with Crippen molar-refractivity contribution in [2.75, 3.05) is 13.1 Å². The highest BCUT2D eigenvalue weighted by atomic mass is 32.2. The van der Waals surface area contributed by atoms with Crippen LogP contribution in [0.25, 0.3) is 0 Å². The molecule has 3 heterocycles. The Balaban J connectivity index is 1.33. The van der Waals surface area contributed by atoms with Crippen molar-refractivity contribution in [3.05, 3.63) is 12.4 Å². The third kappa shape index (κ3) is 3.71. The van der Waals surface area contributed by atoms with Gasteiger partial charge >= 0.3 is 7.12 Å². The fourth-order valence-electron chi connectivity index (χ4n) is 3.77. The van der Waals surface area contributed by atoms with Crippen molar-refractivity contribution in [3.8, 4) is 0 Å². The van der Waals surface area contributed by atoms with Crippen LogP contribution in [0.3, 0.4) is 0 Å². The number of aromatic nitrogens is 2. The van der Waals surface area contributed by atoms with E-state index in [-0.39, 0.29) is 16.5 Å². The highest BCUT2D eigenvalue weighted by Crippen LogP contribution is 2.36. The molecule has 0 N–H and O–H groups in total. The number of nitrogens with zero attached hydrogens (tertiary/aromatic N) is 3. The molecule has 1 aromatic rings. The SMILES string of the molecule is CC1(C)OB(c2cnn(CC3CCN(S(=O)(=O)C4CC4)CC3)c2)OC1(C)C. The Morgan fingerprint density at radius 2 is 1.70 bits per heavy atom. The number of rotatable bonds is 5. The predicted molar refractivity (Wildman–Crippen MR) is 104 cm³/mol. The van der Waals surface area contributed by atoms with Gasteiger partial charge in [-0.2, -0.15) is 5.10 Å². The number of hydrogen-bond donors (Lipinski definition) is 0. The molecule has 7 nitrogen and oxygen atoms in total. The summed E-state index contributed by atoms with van der Waals surface area (Å²) < 4.78 is 40.5. The summed E-state index contributed by atoms with van der Waals surface area (Å²) in [4.78, 5) is 0. The van der Waals surface area contributed by atoms with Crippen molar-refractivity contribution >= 4 is 22.6 Å². The average Bonchev–Trinajstić information content (AvgIpc) is 3.30. The second-order valence-electron chi connectivity index (χ2n) is 9.17. The molecule has 1 aromatic heterocycles. The van der Waals surface area contributed by atoms with Crippen molar-refractivity contribution in [3.63, 3.8) is 0 Å². The molecule has 2 saturated heterocycles. The number of hydrogen-bond acceptors (Lipinski definition) is 5. The van der Waals surface area contributed by atoms with E-state index in [1.165, 1.54) is 0 Å². The first-order valence-electron chi connectivity index (χ1n) is 9.95. The van der Waals surface area contributed by atoms with Crippen molar-refractivity contribution in [1.82, 2.24) is 14.1 Å². The fraction of sp³-hybridized carbons (Fsp3) is 0.833. The van der Waals surface area contributed by atoms with Gasteiger partial charge in [-0.05, 0) is 59.3 Å². The predicted octanol–water partition coefficient (Wildman–Crippen LogP) is 1.39. The summed E-state index contributed by atoms with van der Waals surface area (Å²) in [6, 6.07) is 0. The monoisotopic (exact) mass is 395 g/mol. The number of sulfonamides is 1. The summed E-state index contributed by atoms with van der Waals surface area (Å²) >= 11 is 0. The Morgan fingerprint density at radius 3 is 2.26 bits per heavy atom. The van der Waals surface area contributed by atoms with Crippen LogP contribution in [0.1, 0.15) is 53.4 Å². The minimum atomic E-state index is -3.04. The van der Waals surface area contributed by atoms with E-state index in [9.17, 15) is 8.42 Å². The van der Waals surface area contributed by atoms with E-state index in [1.807, 2.05) is 44.8 Å². The van der Waals surface area contributed by atoms with Gasteiger partial charge in [0.25, 0.3) is 0 Å². The molecule has 1 saturated carbocycles. The van der Waals surface area contributed by atoms with E-state index in [0.29, 0.717) is 19.0 Å². The highest BCUT2D eigenvalue weighted by Gasteiger charge is 2.52. The first-order valence-corrected chi connectivity index (χ1v) is 11.5. The van der Waals surface area contributed by atoms with Crippen LogP contribution in [-0.4, -0.2) is 59.2 Å². The maximum Gasteiger partial charge on any atom is 0.498 e. The van der Waals surface area contributed by atoms with E-state index >= 15 is 0 Å². The van der Waals surface area contributed by atoms with Crippen LogP contribution in [0, 0.1) is 5.92 Å². The number of piperidine rings is 1. The van der Waals surface area contributed by atoms with E-state index < -0.39 is 17.1 Å². The van der Waals surface area contributed by atoms with Crippen molar-refractivity contribution in [2.24, 2.45) is 5.92 Å². The lowest BCUT2D eigenvalue weighted by atomic mass is 9.82. The first kappa shape index (κ1) is 19.4. The standard InChI is InChI=1S/C18H30BN3O4S/c1-17(2)18(3,4)26-19(25-17)15-11-20-21(13-15)12-14-7-9-22(10-8-14)27(23,24)16-5-6-16/h11,13-14,16H,5-10,12H2,1-4H3. The molecular formula is C18H30BN3O4S. The normalized spacial score (nSPS) is 26.6. The summed E-state index contributed by atoms with van der Waals surface area (Å²) in [7, 11) is -3.43. The van der Waals surface area contributed by atoms with Gasteiger partial charge in [-0.25, -0.2) is 12.7 Å². The van der Waals surface area contributed by atoms with E-state index in [2.05, 4.69) is 5.10 Å². The van der Waals surface area contributed by atoms with Crippen LogP contribution in [0.5, 0.6) is 0 Å². The lowest BCUT2D eigenvalue weighted by molar-refractivity contribution is 0.00578. The van der Waals surface area contributed by atoms with Crippen molar-refractivity contribution in [1.29, 1.82) is 0 Å². The zero-order valence-electron chi connectivity index (χ0n) is 16.7. The molecule has 150 valence electrons. The molecule has 27 heavy (non-hydrogen) atoms. The molecule has 0 radical (unpaired) electrons. The Bertz CT molecular complexity index is 779. The van der Waals surface area contributed by atoms with E-state index in [4.69, 9.17) is 9.31 Å². The zero-order chi connectivity index (χ0) is 19.4. The van der Waals surface area contributed by atoms with Gasteiger partial charge in [-0.15, -0.1) is 0 Å². The smallest absolute Gasteiger partial charge is 0.399 e. The van der Waals surface area contributed by atoms with Gasteiger partial charge in [0.1, 0.15) is 0 Å². The van der Waals surface area contributed by atoms with Crippen LogP contribution in [-0.2, 0) is 25.9 Å². The van der Waals surface area contributed by atoms with Crippen molar-refractivity contribution < 1.29 is 17.7 Å². The quantitative estimate of drug-likeness (QED) is 0.705. The maximum atomic E-state index is 12.3. The maximum absolute atomic E-state index is 12.3. The molecule has 9 heteroatoms. The Hall–Kier alpha value is -0.895. The summed E-state index contributed by atoms with van der Waals surface area (Å²) in [5, 5.41) is 4.37. The summed E-state index contributed by atoms with van der Waals surface area (Å²) in [6.07, 6.45) is 7.24. The molecule has 0 amide bonds. The first-order chi connectivity index (χ1) is 12.6. The summed E-state index contributed by atoms with van der Waals surface area (Å²) in [5.74, 6) is 0.446. The second-order valence-corrected chi connectivity index (χ2v) is 11.4. The molecule has 1 aliphatic carbocycles. The molecular weight excluding hydrogens is 365 g/mol. The molecule has 0 spiro atoms. The minimum absolute atomic E-state index is 0.109. The average molecular weight is 395 g/mol. The van der Waals surface area contributed by atoms with Gasteiger partial charge < -0.3 is 9.31 Å².